The number of carbonyl (C=O) groups excluding carboxylic acids is 2. The van der Waals surface area contributed by atoms with Crippen molar-refractivity contribution in [1.29, 1.82) is 0 Å². The van der Waals surface area contributed by atoms with E-state index in [9.17, 15) is 9.59 Å². The summed E-state index contributed by atoms with van der Waals surface area (Å²) in [6.07, 6.45) is -0.285. The second-order valence-electron chi connectivity index (χ2n) is 7.65. The maximum Gasteiger partial charge on any atom is 0.350 e. The minimum Gasteiger partial charge on any atom is -0.493 e. The molecule has 7 nitrogen and oxygen atoms in total. The van der Waals surface area contributed by atoms with Crippen LogP contribution in [0.4, 0.5) is 0 Å². The van der Waals surface area contributed by atoms with Gasteiger partial charge in [-0.2, -0.15) is 0 Å². The highest BCUT2D eigenvalue weighted by atomic mass is 16.6. The second-order valence-corrected chi connectivity index (χ2v) is 7.65. The third-order valence-corrected chi connectivity index (χ3v) is 4.73. The molecule has 3 rings (SSSR count). The summed E-state index contributed by atoms with van der Waals surface area (Å²) in [6.45, 7) is 6.97. The Morgan fingerprint density at radius 2 is 1.70 bits per heavy atom. The van der Waals surface area contributed by atoms with Crippen molar-refractivity contribution in [3.8, 4) is 28.4 Å². The fraction of sp³-hybridized carbons (Fsp3) is 0.391. The van der Waals surface area contributed by atoms with Crippen molar-refractivity contribution in [2.75, 3.05) is 14.2 Å². The number of methoxy groups -OCH3 is 2. The van der Waals surface area contributed by atoms with Crippen molar-refractivity contribution in [3.63, 3.8) is 0 Å². The third-order valence-electron chi connectivity index (χ3n) is 4.73. The van der Waals surface area contributed by atoms with Crippen LogP contribution in [0, 0.1) is 0 Å². The molecule has 160 valence electrons. The van der Waals surface area contributed by atoms with E-state index in [2.05, 4.69) is 0 Å². The fourth-order valence-electron chi connectivity index (χ4n) is 3.27. The quantitative estimate of drug-likeness (QED) is 0.630. The summed E-state index contributed by atoms with van der Waals surface area (Å²) in [6, 6.07) is 8.92. The van der Waals surface area contributed by atoms with Crippen LogP contribution in [0.3, 0.4) is 0 Å². The largest absolute Gasteiger partial charge is 0.493 e. The van der Waals surface area contributed by atoms with E-state index in [1.54, 1.807) is 52.0 Å². The van der Waals surface area contributed by atoms with Gasteiger partial charge in [-0.3, -0.25) is 0 Å². The number of ether oxygens (including phenoxy) is 5. The normalized spacial score (nSPS) is 13.0. The zero-order chi connectivity index (χ0) is 22.1. The molecular formula is C23H26O7. The van der Waals surface area contributed by atoms with Gasteiger partial charge < -0.3 is 23.7 Å². The molecule has 1 aliphatic heterocycles. The maximum absolute atomic E-state index is 12.6. The SMILES string of the molecule is COc1ccc(-c2cccc3c2COC3=O)c(OC(C)(C)C(=O)OC(C)C)c1OC. The molecule has 7 heteroatoms. The zero-order valence-electron chi connectivity index (χ0n) is 18.0. The molecule has 0 saturated heterocycles. The van der Waals surface area contributed by atoms with E-state index in [-0.39, 0.29) is 18.7 Å². The number of benzene rings is 2. The first kappa shape index (κ1) is 21.5. The average Bonchev–Trinajstić information content (AvgIpc) is 3.08. The van der Waals surface area contributed by atoms with Crippen molar-refractivity contribution < 1.29 is 33.3 Å². The first-order chi connectivity index (χ1) is 14.2. The van der Waals surface area contributed by atoms with Crippen LogP contribution >= 0.6 is 0 Å². The molecule has 0 aromatic heterocycles. The standard InChI is InChI=1S/C23H26O7/c1-13(2)29-22(25)23(3,4)30-19-15(10-11-18(26-5)20(19)27-6)14-8-7-9-16-17(14)12-28-21(16)24/h7-11,13H,12H2,1-6H3. The Balaban J connectivity index is 2.17. The average molecular weight is 414 g/mol. The molecule has 0 fully saturated rings. The van der Waals surface area contributed by atoms with Crippen LogP contribution in [0.5, 0.6) is 17.2 Å². The predicted molar refractivity (Wildman–Crippen MR) is 110 cm³/mol. The lowest BCUT2D eigenvalue weighted by Crippen LogP contribution is -2.41. The van der Waals surface area contributed by atoms with E-state index < -0.39 is 11.6 Å². The number of cyclic esters (lactones) is 1. The van der Waals surface area contributed by atoms with Gasteiger partial charge in [-0.15, -0.1) is 0 Å². The highest BCUT2D eigenvalue weighted by Gasteiger charge is 2.36. The molecule has 0 amide bonds. The van der Waals surface area contributed by atoms with Crippen LogP contribution in [0.1, 0.15) is 43.6 Å². The highest BCUT2D eigenvalue weighted by molar-refractivity contribution is 5.96. The molecule has 2 aromatic carbocycles. The summed E-state index contributed by atoms with van der Waals surface area (Å²) in [5.41, 5.74) is 1.35. The van der Waals surface area contributed by atoms with Gasteiger partial charge in [-0.1, -0.05) is 12.1 Å². The Labute approximate surface area is 175 Å². The maximum atomic E-state index is 12.6. The Morgan fingerprint density at radius 3 is 2.33 bits per heavy atom. The summed E-state index contributed by atoms with van der Waals surface area (Å²) in [5, 5.41) is 0. The molecule has 0 bridgehead atoms. The van der Waals surface area contributed by atoms with Gasteiger partial charge in [0.15, 0.2) is 17.1 Å². The van der Waals surface area contributed by atoms with Crippen molar-refractivity contribution in [2.24, 2.45) is 0 Å². The van der Waals surface area contributed by atoms with Gasteiger partial charge in [-0.25, -0.2) is 9.59 Å². The van der Waals surface area contributed by atoms with Crippen LogP contribution in [0.15, 0.2) is 30.3 Å². The highest BCUT2D eigenvalue weighted by Crippen LogP contribution is 2.47. The van der Waals surface area contributed by atoms with Crippen LogP contribution in [-0.2, 0) is 20.9 Å². The van der Waals surface area contributed by atoms with Gasteiger partial charge in [0.1, 0.15) is 6.61 Å². The van der Waals surface area contributed by atoms with Crippen molar-refractivity contribution in [3.05, 3.63) is 41.5 Å². The minimum absolute atomic E-state index is 0.164. The summed E-state index contributed by atoms with van der Waals surface area (Å²) < 4.78 is 27.7. The predicted octanol–water partition coefficient (Wildman–Crippen LogP) is 4.15. The molecule has 30 heavy (non-hydrogen) atoms. The van der Waals surface area contributed by atoms with E-state index in [4.69, 9.17) is 23.7 Å². The lowest BCUT2D eigenvalue weighted by atomic mass is 9.95. The van der Waals surface area contributed by atoms with Gasteiger partial charge in [0, 0.05) is 11.1 Å². The van der Waals surface area contributed by atoms with E-state index in [0.717, 1.165) is 11.1 Å². The zero-order valence-corrected chi connectivity index (χ0v) is 18.0. The Kier molecular flexibility index (Phi) is 5.92. The smallest absolute Gasteiger partial charge is 0.350 e. The van der Waals surface area contributed by atoms with E-state index in [1.165, 1.54) is 14.2 Å². The first-order valence-electron chi connectivity index (χ1n) is 9.64. The second kappa shape index (κ2) is 8.26. The number of hydrogen-bond acceptors (Lipinski definition) is 7. The molecule has 0 saturated carbocycles. The van der Waals surface area contributed by atoms with Gasteiger partial charge in [0.25, 0.3) is 0 Å². The van der Waals surface area contributed by atoms with Gasteiger partial charge >= 0.3 is 11.9 Å². The Morgan fingerprint density at radius 1 is 1.00 bits per heavy atom. The summed E-state index contributed by atoms with van der Waals surface area (Å²) in [4.78, 5) is 24.6. The molecule has 0 spiro atoms. The van der Waals surface area contributed by atoms with Crippen LogP contribution < -0.4 is 14.2 Å². The molecule has 0 N–H and O–H groups in total. The van der Waals surface area contributed by atoms with Crippen molar-refractivity contribution in [1.82, 2.24) is 0 Å². The Bertz CT molecular complexity index is 976. The number of fused-ring (bicyclic) bond motifs is 1. The van der Waals surface area contributed by atoms with Crippen molar-refractivity contribution >= 4 is 11.9 Å². The van der Waals surface area contributed by atoms with E-state index in [1.807, 2.05) is 6.07 Å². The number of hydrogen-bond donors (Lipinski definition) is 0. The van der Waals surface area contributed by atoms with Gasteiger partial charge in [0.05, 0.1) is 25.9 Å². The Hall–Kier alpha value is -3.22. The molecule has 0 aliphatic carbocycles. The van der Waals surface area contributed by atoms with E-state index >= 15 is 0 Å². The topological polar surface area (TPSA) is 80.3 Å². The van der Waals surface area contributed by atoms with Crippen LogP contribution in [-0.4, -0.2) is 37.9 Å². The van der Waals surface area contributed by atoms with Gasteiger partial charge in [-0.05, 0) is 51.5 Å². The minimum atomic E-state index is -1.30. The van der Waals surface area contributed by atoms with E-state index in [0.29, 0.717) is 28.4 Å². The summed E-state index contributed by atoms with van der Waals surface area (Å²) >= 11 is 0. The number of esters is 2. The molecule has 2 aromatic rings. The van der Waals surface area contributed by atoms with Gasteiger partial charge in [0.2, 0.25) is 5.75 Å². The summed E-state index contributed by atoms with van der Waals surface area (Å²) in [7, 11) is 3.02. The molecule has 0 radical (unpaired) electrons. The molecule has 1 aliphatic rings. The number of carbonyl (C=O) groups is 2. The lowest BCUT2D eigenvalue weighted by Gasteiger charge is -2.28. The molecule has 0 unspecified atom stereocenters. The van der Waals surface area contributed by atoms with Crippen LogP contribution in [0.2, 0.25) is 0 Å². The first-order valence-corrected chi connectivity index (χ1v) is 9.64. The lowest BCUT2D eigenvalue weighted by molar-refractivity contribution is -0.163. The fourth-order valence-corrected chi connectivity index (χ4v) is 3.27. The number of rotatable bonds is 7. The van der Waals surface area contributed by atoms with Crippen molar-refractivity contribution in [2.45, 2.75) is 46.0 Å². The van der Waals surface area contributed by atoms with Crippen LogP contribution in [0.25, 0.3) is 11.1 Å². The monoisotopic (exact) mass is 414 g/mol. The molecule has 1 heterocycles. The third kappa shape index (κ3) is 3.92. The molecule has 0 atom stereocenters. The summed E-state index contributed by atoms with van der Waals surface area (Å²) in [5.74, 6) is 0.225. The molecular weight excluding hydrogens is 388 g/mol.